The second-order valence-electron chi connectivity index (χ2n) is 4.10. The van der Waals surface area contributed by atoms with E-state index < -0.39 is 0 Å². The van der Waals surface area contributed by atoms with E-state index in [9.17, 15) is 4.79 Å². The summed E-state index contributed by atoms with van der Waals surface area (Å²) in [5.74, 6) is 0.250. The van der Waals surface area contributed by atoms with Crippen LogP contribution in [0.15, 0.2) is 24.3 Å². The van der Waals surface area contributed by atoms with Gasteiger partial charge in [0.15, 0.2) is 0 Å². The molecule has 0 aromatic rings. The molecule has 0 radical (unpaired) electrons. The molecule has 1 nitrogen and oxygen atoms in total. The molecule has 14 heavy (non-hydrogen) atoms. The lowest BCUT2D eigenvalue weighted by molar-refractivity contribution is -0.124. The number of rotatable bonds is 6. The fourth-order valence-corrected chi connectivity index (χ4v) is 1.95. The highest BCUT2D eigenvalue weighted by Crippen LogP contribution is 2.34. The Morgan fingerprint density at radius 1 is 1.43 bits per heavy atom. The van der Waals surface area contributed by atoms with Gasteiger partial charge in [0.05, 0.1) is 5.41 Å². The topological polar surface area (TPSA) is 17.1 Å². The zero-order valence-corrected chi connectivity index (χ0v) is 9.89. The molecule has 0 aromatic carbocycles. The first kappa shape index (κ1) is 13.2. The summed E-state index contributed by atoms with van der Waals surface area (Å²) in [5, 5.41) is 0. The Kier molecular flexibility index (Phi) is 5.44. The van der Waals surface area contributed by atoms with Crippen LogP contribution < -0.4 is 0 Å². The predicted molar refractivity (Wildman–Crippen MR) is 62.3 cm³/mol. The standard InChI is InChI=1S/C13H22O/c1-6-8-13(9-7-2,12(5)14)10-11(3)4/h6,8H,3,7,9-10H2,1-2,4-5H3/b8-6+. The van der Waals surface area contributed by atoms with E-state index in [2.05, 4.69) is 13.5 Å². The third-order valence-electron chi connectivity index (χ3n) is 2.50. The molecule has 0 aliphatic rings. The number of hydrogen-bond acceptors (Lipinski definition) is 1. The van der Waals surface area contributed by atoms with Crippen LogP contribution in [0.3, 0.4) is 0 Å². The molecule has 1 atom stereocenters. The maximum Gasteiger partial charge on any atom is 0.140 e. The number of allylic oxidation sites excluding steroid dienone is 3. The largest absolute Gasteiger partial charge is 0.299 e. The van der Waals surface area contributed by atoms with Gasteiger partial charge in [-0.1, -0.05) is 31.1 Å². The summed E-state index contributed by atoms with van der Waals surface area (Å²) in [4.78, 5) is 11.7. The molecule has 0 saturated carbocycles. The van der Waals surface area contributed by atoms with Gasteiger partial charge in [0, 0.05) is 0 Å². The fraction of sp³-hybridized carbons (Fsp3) is 0.615. The predicted octanol–water partition coefficient (Wildman–Crippen LogP) is 3.90. The average molecular weight is 194 g/mol. The van der Waals surface area contributed by atoms with E-state index in [1.54, 1.807) is 6.92 Å². The number of ketones is 1. The third kappa shape index (κ3) is 3.49. The summed E-state index contributed by atoms with van der Waals surface area (Å²) in [5.41, 5.74) is 0.779. The van der Waals surface area contributed by atoms with Gasteiger partial charge in [-0.15, -0.1) is 6.58 Å². The van der Waals surface area contributed by atoms with Crippen molar-refractivity contribution in [2.45, 2.75) is 47.0 Å². The molecule has 0 aliphatic heterocycles. The van der Waals surface area contributed by atoms with E-state index in [-0.39, 0.29) is 11.2 Å². The summed E-state index contributed by atoms with van der Waals surface area (Å²) >= 11 is 0. The Morgan fingerprint density at radius 2 is 2.00 bits per heavy atom. The molecule has 1 heteroatoms. The van der Waals surface area contributed by atoms with Crippen LogP contribution in [0.25, 0.3) is 0 Å². The first-order valence-corrected chi connectivity index (χ1v) is 5.27. The molecular weight excluding hydrogens is 172 g/mol. The van der Waals surface area contributed by atoms with Gasteiger partial charge in [0.1, 0.15) is 5.78 Å². The molecule has 0 bridgehead atoms. The molecule has 0 rings (SSSR count). The monoisotopic (exact) mass is 194 g/mol. The molecule has 0 spiro atoms. The molecule has 0 fully saturated rings. The van der Waals surface area contributed by atoms with Crippen LogP contribution in [0.5, 0.6) is 0 Å². The molecule has 0 amide bonds. The minimum absolute atomic E-state index is 0.250. The Bertz CT molecular complexity index is 238. The second-order valence-corrected chi connectivity index (χ2v) is 4.10. The third-order valence-corrected chi connectivity index (χ3v) is 2.50. The van der Waals surface area contributed by atoms with E-state index >= 15 is 0 Å². The van der Waals surface area contributed by atoms with E-state index in [1.807, 2.05) is 26.0 Å². The lowest BCUT2D eigenvalue weighted by Gasteiger charge is -2.27. The van der Waals surface area contributed by atoms with Crippen LogP contribution in [0.2, 0.25) is 0 Å². The van der Waals surface area contributed by atoms with Gasteiger partial charge in [-0.05, 0) is 33.6 Å². The first-order valence-electron chi connectivity index (χ1n) is 5.27. The van der Waals surface area contributed by atoms with Crippen molar-refractivity contribution in [1.82, 2.24) is 0 Å². The fourth-order valence-electron chi connectivity index (χ4n) is 1.95. The van der Waals surface area contributed by atoms with Gasteiger partial charge in [0.25, 0.3) is 0 Å². The Morgan fingerprint density at radius 3 is 2.29 bits per heavy atom. The number of carbonyl (C=O) groups is 1. The second kappa shape index (κ2) is 5.79. The average Bonchev–Trinajstić information content (AvgIpc) is 2.03. The molecule has 0 N–H and O–H groups in total. The van der Waals surface area contributed by atoms with E-state index in [1.165, 1.54) is 0 Å². The highest BCUT2D eigenvalue weighted by Gasteiger charge is 2.30. The number of hydrogen-bond donors (Lipinski definition) is 0. The van der Waals surface area contributed by atoms with Crippen molar-refractivity contribution in [3.8, 4) is 0 Å². The van der Waals surface area contributed by atoms with Crippen LogP contribution >= 0.6 is 0 Å². The normalized spacial score (nSPS) is 15.4. The Hall–Kier alpha value is -0.850. The van der Waals surface area contributed by atoms with Crippen LogP contribution in [0.1, 0.15) is 47.0 Å². The summed E-state index contributed by atoms with van der Waals surface area (Å²) in [6.45, 7) is 11.6. The first-order chi connectivity index (χ1) is 6.48. The van der Waals surface area contributed by atoms with Crippen molar-refractivity contribution < 1.29 is 4.79 Å². The van der Waals surface area contributed by atoms with Gasteiger partial charge in [-0.3, -0.25) is 4.79 Å². The van der Waals surface area contributed by atoms with Gasteiger partial charge < -0.3 is 0 Å². The number of carbonyl (C=O) groups excluding carboxylic acids is 1. The summed E-state index contributed by atoms with van der Waals surface area (Å²) < 4.78 is 0. The Labute approximate surface area is 87.9 Å². The van der Waals surface area contributed by atoms with Crippen molar-refractivity contribution >= 4 is 5.78 Å². The minimum Gasteiger partial charge on any atom is -0.299 e. The van der Waals surface area contributed by atoms with Crippen molar-refractivity contribution in [2.75, 3.05) is 0 Å². The van der Waals surface area contributed by atoms with Crippen LogP contribution in [-0.2, 0) is 4.79 Å². The number of Topliss-reactive ketones (excluding diaryl/α,β-unsaturated/α-hetero) is 1. The van der Waals surface area contributed by atoms with Crippen LogP contribution in [0, 0.1) is 5.41 Å². The van der Waals surface area contributed by atoms with Gasteiger partial charge in [-0.25, -0.2) is 0 Å². The van der Waals surface area contributed by atoms with Crippen LogP contribution in [-0.4, -0.2) is 5.78 Å². The zero-order valence-electron chi connectivity index (χ0n) is 9.89. The maximum absolute atomic E-state index is 11.7. The summed E-state index contributed by atoms with van der Waals surface area (Å²) in [6, 6.07) is 0. The maximum atomic E-state index is 11.7. The SMILES string of the molecule is C=C(C)CC(/C=C/C)(CCC)C(C)=O. The molecule has 0 heterocycles. The smallest absolute Gasteiger partial charge is 0.140 e. The lowest BCUT2D eigenvalue weighted by Crippen LogP contribution is -2.27. The van der Waals surface area contributed by atoms with Gasteiger partial charge in [-0.2, -0.15) is 0 Å². The molecule has 80 valence electrons. The Balaban J connectivity index is 4.92. The van der Waals surface area contributed by atoms with Gasteiger partial charge in [0.2, 0.25) is 0 Å². The van der Waals surface area contributed by atoms with Crippen molar-refractivity contribution in [3.05, 3.63) is 24.3 Å². The summed E-state index contributed by atoms with van der Waals surface area (Å²) in [6.07, 6.45) is 6.73. The molecule has 0 aliphatic carbocycles. The van der Waals surface area contributed by atoms with Crippen LogP contribution in [0.4, 0.5) is 0 Å². The molecule has 1 unspecified atom stereocenters. The highest BCUT2D eigenvalue weighted by molar-refractivity contribution is 5.84. The van der Waals surface area contributed by atoms with Crippen molar-refractivity contribution in [3.63, 3.8) is 0 Å². The molecule has 0 aromatic heterocycles. The lowest BCUT2D eigenvalue weighted by atomic mass is 9.75. The minimum atomic E-state index is -0.296. The van der Waals surface area contributed by atoms with E-state index in [0.717, 1.165) is 24.8 Å². The quantitative estimate of drug-likeness (QED) is 0.586. The van der Waals surface area contributed by atoms with E-state index in [0.29, 0.717) is 0 Å². The highest BCUT2D eigenvalue weighted by atomic mass is 16.1. The summed E-state index contributed by atoms with van der Waals surface area (Å²) in [7, 11) is 0. The molecular formula is C13H22O. The van der Waals surface area contributed by atoms with E-state index in [4.69, 9.17) is 0 Å². The zero-order chi connectivity index (χ0) is 11.2. The van der Waals surface area contributed by atoms with Gasteiger partial charge >= 0.3 is 0 Å². The van der Waals surface area contributed by atoms with Crippen molar-refractivity contribution in [2.24, 2.45) is 5.41 Å². The molecule has 0 saturated heterocycles. The van der Waals surface area contributed by atoms with Crippen molar-refractivity contribution in [1.29, 1.82) is 0 Å².